The van der Waals surface area contributed by atoms with Crippen LogP contribution in [0.4, 0.5) is 13.2 Å². The fourth-order valence-corrected chi connectivity index (χ4v) is 1.14. The first-order chi connectivity index (χ1) is 6.45. The third-order valence-electron chi connectivity index (χ3n) is 1.90. The van der Waals surface area contributed by atoms with Crippen molar-refractivity contribution in [2.45, 2.75) is 19.1 Å². The van der Waals surface area contributed by atoms with Crippen LogP contribution < -0.4 is 11.3 Å². The fraction of sp³-hybridized carbons (Fsp3) is 0.333. The minimum absolute atomic E-state index is 0.116. The van der Waals surface area contributed by atoms with Gasteiger partial charge < -0.3 is 0 Å². The maximum atomic E-state index is 12.4. The van der Waals surface area contributed by atoms with Gasteiger partial charge in [0.1, 0.15) is 6.04 Å². The average Bonchev–Trinajstić information content (AvgIpc) is 2.07. The zero-order chi connectivity index (χ0) is 10.8. The summed E-state index contributed by atoms with van der Waals surface area (Å²) >= 11 is 0. The first-order valence-corrected chi connectivity index (χ1v) is 4.04. The lowest BCUT2D eigenvalue weighted by molar-refractivity contribution is -0.157. The number of halogens is 3. The van der Waals surface area contributed by atoms with Gasteiger partial charge in [-0.15, -0.1) is 0 Å². The number of hydrazine groups is 1. The standard InChI is InChI=1S/C9H11F3N2/c1-6-2-4-7(5-3-6)8(14-13)9(10,11)12/h2-5,8,14H,13H2,1H3/t8-/m0/s1. The van der Waals surface area contributed by atoms with Crippen LogP contribution in [0, 0.1) is 6.92 Å². The van der Waals surface area contributed by atoms with Gasteiger partial charge in [-0.3, -0.25) is 5.84 Å². The molecular weight excluding hydrogens is 193 g/mol. The van der Waals surface area contributed by atoms with Gasteiger partial charge in [0.25, 0.3) is 0 Å². The molecule has 1 aromatic rings. The zero-order valence-electron chi connectivity index (χ0n) is 7.60. The predicted octanol–water partition coefficient (Wildman–Crippen LogP) is 2.06. The number of rotatable bonds is 2. The number of alkyl halides is 3. The zero-order valence-corrected chi connectivity index (χ0v) is 7.60. The fourth-order valence-electron chi connectivity index (χ4n) is 1.14. The van der Waals surface area contributed by atoms with Gasteiger partial charge in [-0.2, -0.15) is 13.2 Å². The Kier molecular flexibility index (Phi) is 3.13. The number of nitrogens with two attached hydrogens (primary N) is 1. The molecule has 3 N–H and O–H groups in total. The van der Waals surface area contributed by atoms with E-state index in [0.717, 1.165) is 5.56 Å². The lowest BCUT2D eigenvalue weighted by Gasteiger charge is -2.19. The maximum Gasteiger partial charge on any atom is 0.409 e. The lowest BCUT2D eigenvalue weighted by atomic mass is 10.1. The maximum absolute atomic E-state index is 12.4. The summed E-state index contributed by atoms with van der Waals surface area (Å²) in [7, 11) is 0. The number of aryl methyl sites for hydroxylation is 1. The van der Waals surface area contributed by atoms with Gasteiger partial charge >= 0.3 is 6.18 Å². The molecule has 0 radical (unpaired) electrons. The summed E-state index contributed by atoms with van der Waals surface area (Å²) in [6, 6.07) is 4.25. The molecule has 78 valence electrons. The second-order valence-electron chi connectivity index (χ2n) is 3.05. The van der Waals surface area contributed by atoms with Crippen LogP contribution in [0.15, 0.2) is 24.3 Å². The molecule has 1 rings (SSSR count). The Morgan fingerprint density at radius 2 is 1.71 bits per heavy atom. The Hall–Kier alpha value is -1.07. The van der Waals surface area contributed by atoms with E-state index in [9.17, 15) is 13.2 Å². The quantitative estimate of drug-likeness (QED) is 0.571. The van der Waals surface area contributed by atoms with Crippen LogP contribution >= 0.6 is 0 Å². The van der Waals surface area contributed by atoms with Gasteiger partial charge in [-0.25, -0.2) is 5.43 Å². The van der Waals surface area contributed by atoms with Crippen LogP contribution in [0.3, 0.4) is 0 Å². The molecule has 0 unspecified atom stereocenters. The van der Waals surface area contributed by atoms with E-state index in [0.29, 0.717) is 0 Å². The second-order valence-corrected chi connectivity index (χ2v) is 3.05. The summed E-state index contributed by atoms with van der Waals surface area (Å²) < 4.78 is 37.1. The van der Waals surface area contributed by atoms with Crippen LogP contribution in [0.2, 0.25) is 0 Å². The molecule has 0 saturated heterocycles. The summed E-state index contributed by atoms with van der Waals surface area (Å²) in [6.45, 7) is 1.81. The Labute approximate surface area is 79.9 Å². The third-order valence-corrected chi connectivity index (χ3v) is 1.90. The van der Waals surface area contributed by atoms with Gasteiger partial charge in [0.15, 0.2) is 0 Å². The molecule has 0 spiro atoms. The van der Waals surface area contributed by atoms with Crippen molar-refractivity contribution in [2.75, 3.05) is 0 Å². The first-order valence-electron chi connectivity index (χ1n) is 4.04. The van der Waals surface area contributed by atoms with Crippen LogP contribution in [0.25, 0.3) is 0 Å². The lowest BCUT2D eigenvalue weighted by Crippen LogP contribution is -2.38. The molecule has 5 heteroatoms. The highest BCUT2D eigenvalue weighted by Gasteiger charge is 2.39. The predicted molar refractivity (Wildman–Crippen MR) is 47.3 cm³/mol. The first kappa shape index (κ1) is 11.0. The van der Waals surface area contributed by atoms with Crippen molar-refractivity contribution in [1.29, 1.82) is 0 Å². The smallest absolute Gasteiger partial charge is 0.271 e. The number of hydrogen-bond acceptors (Lipinski definition) is 2. The molecule has 0 aliphatic carbocycles. The largest absolute Gasteiger partial charge is 0.409 e. The van der Waals surface area contributed by atoms with E-state index < -0.39 is 12.2 Å². The highest BCUT2D eigenvalue weighted by Crippen LogP contribution is 2.31. The van der Waals surface area contributed by atoms with Crippen molar-refractivity contribution >= 4 is 0 Å². The normalized spacial score (nSPS) is 14.1. The Balaban J connectivity index is 2.96. The Morgan fingerprint density at radius 1 is 1.21 bits per heavy atom. The Morgan fingerprint density at radius 3 is 2.07 bits per heavy atom. The van der Waals surface area contributed by atoms with Crippen LogP contribution in [0.5, 0.6) is 0 Å². The molecule has 0 heterocycles. The van der Waals surface area contributed by atoms with E-state index in [1.54, 1.807) is 17.6 Å². The number of nitrogens with one attached hydrogen (secondary N) is 1. The van der Waals surface area contributed by atoms with Crippen LogP contribution in [0.1, 0.15) is 17.2 Å². The SMILES string of the molecule is Cc1ccc([C@H](NN)C(F)(F)F)cc1. The summed E-state index contributed by atoms with van der Waals surface area (Å²) in [5.74, 6) is 4.86. The van der Waals surface area contributed by atoms with Gasteiger partial charge in [-0.05, 0) is 12.5 Å². The molecule has 0 aromatic heterocycles. The van der Waals surface area contributed by atoms with E-state index in [2.05, 4.69) is 0 Å². The number of hydrogen-bond donors (Lipinski definition) is 2. The molecule has 2 nitrogen and oxygen atoms in total. The minimum atomic E-state index is -4.37. The van der Waals surface area contributed by atoms with Gasteiger partial charge in [0, 0.05) is 0 Å². The van der Waals surface area contributed by atoms with Gasteiger partial charge in [0.2, 0.25) is 0 Å². The molecule has 0 aliphatic heterocycles. The van der Waals surface area contributed by atoms with Crippen LogP contribution in [-0.4, -0.2) is 6.18 Å². The van der Waals surface area contributed by atoms with Crippen molar-refractivity contribution in [3.8, 4) is 0 Å². The summed E-state index contributed by atoms with van der Waals surface area (Å²) in [4.78, 5) is 0. The molecule has 0 saturated carbocycles. The average molecular weight is 204 g/mol. The monoisotopic (exact) mass is 204 g/mol. The molecule has 0 amide bonds. The molecule has 0 bridgehead atoms. The molecule has 14 heavy (non-hydrogen) atoms. The van der Waals surface area contributed by atoms with Gasteiger partial charge in [-0.1, -0.05) is 29.8 Å². The van der Waals surface area contributed by atoms with Crippen molar-refractivity contribution in [1.82, 2.24) is 5.43 Å². The second kappa shape index (κ2) is 3.98. The summed E-state index contributed by atoms with van der Waals surface area (Å²) in [6.07, 6.45) is -4.37. The van der Waals surface area contributed by atoms with E-state index in [-0.39, 0.29) is 5.56 Å². The summed E-state index contributed by atoms with van der Waals surface area (Å²) in [5, 5.41) is 0. The van der Waals surface area contributed by atoms with Crippen molar-refractivity contribution in [3.05, 3.63) is 35.4 Å². The molecule has 0 fully saturated rings. The molecule has 0 aliphatic rings. The van der Waals surface area contributed by atoms with Crippen molar-refractivity contribution < 1.29 is 13.2 Å². The molecule has 1 atom stereocenters. The van der Waals surface area contributed by atoms with E-state index in [4.69, 9.17) is 5.84 Å². The molecule has 1 aromatic carbocycles. The highest BCUT2D eigenvalue weighted by molar-refractivity contribution is 5.24. The van der Waals surface area contributed by atoms with Crippen molar-refractivity contribution in [3.63, 3.8) is 0 Å². The minimum Gasteiger partial charge on any atom is -0.271 e. The van der Waals surface area contributed by atoms with E-state index in [1.165, 1.54) is 12.1 Å². The topological polar surface area (TPSA) is 38.0 Å². The van der Waals surface area contributed by atoms with Crippen molar-refractivity contribution in [2.24, 2.45) is 5.84 Å². The number of benzene rings is 1. The molecular formula is C9H11F3N2. The van der Waals surface area contributed by atoms with E-state index in [1.807, 2.05) is 6.92 Å². The summed E-state index contributed by atoms with van der Waals surface area (Å²) in [5.41, 5.74) is 2.78. The van der Waals surface area contributed by atoms with Gasteiger partial charge in [0.05, 0.1) is 0 Å². The highest BCUT2D eigenvalue weighted by atomic mass is 19.4. The van der Waals surface area contributed by atoms with Crippen LogP contribution in [-0.2, 0) is 0 Å². The third kappa shape index (κ3) is 2.46. The van der Waals surface area contributed by atoms with E-state index >= 15 is 0 Å². The Bertz CT molecular complexity index is 292.